The number of unbranched alkanes of at least 4 members (excludes halogenated alkanes) is 6. The van der Waals surface area contributed by atoms with Gasteiger partial charge in [0.1, 0.15) is 0 Å². The van der Waals surface area contributed by atoms with Crippen molar-refractivity contribution in [2.45, 2.75) is 58.3 Å². The largest absolute Gasteiger partial charge is 0.316 e. The molecule has 0 amide bonds. The molecule has 0 spiro atoms. The maximum Gasteiger partial charge on any atom is 0.0931 e. The summed E-state index contributed by atoms with van der Waals surface area (Å²) in [5, 5.41) is 3.51. The number of rotatable bonds is 11. The molecule has 0 atom stereocenters. The Labute approximate surface area is 121 Å². The third-order valence-corrected chi connectivity index (χ3v) is 4.43. The van der Waals surface area contributed by atoms with Gasteiger partial charge in [0.2, 0.25) is 0 Å². The van der Waals surface area contributed by atoms with Crippen LogP contribution in [0.4, 0.5) is 0 Å². The minimum absolute atomic E-state index is 0.900. The van der Waals surface area contributed by atoms with Crippen molar-refractivity contribution in [2.75, 3.05) is 13.1 Å². The monoisotopic (exact) mass is 287 g/mol. The van der Waals surface area contributed by atoms with Crippen LogP contribution in [0.5, 0.6) is 0 Å². The topological polar surface area (TPSA) is 12.0 Å². The molecule has 3 heteroatoms. The lowest BCUT2D eigenvalue weighted by Gasteiger charge is -2.04. The lowest BCUT2D eigenvalue weighted by atomic mass is 10.1. The Balaban J connectivity index is 1.81. The van der Waals surface area contributed by atoms with E-state index in [4.69, 9.17) is 11.6 Å². The summed E-state index contributed by atoms with van der Waals surface area (Å²) in [6.07, 6.45) is 10.8. The number of thiophene rings is 1. The Morgan fingerprint density at radius 2 is 1.72 bits per heavy atom. The second kappa shape index (κ2) is 10.8. The van der Waals surface area contributed by atoms with Gasteiger partial charge in [0.15, 0.2) is 0 Å². The summed E-state index contributed by atoms with van der Waals surface area (Å²) in [6.45, 7) is 4.50. The highest BCUT2D eigenvalue weighted by Gasteiger charge is 1.97. The van der Waals surface area contributed by atoms with E-state index in [9.17, 15) is 0 Å². The van der Waals surface area contributed by atoms with Crippen molar-refractivity contribution in [2.24, 2.45) is 0 Å². The van der Waals surface area contributed by atoms with Crippen LogP contribution in [0, 0.1) is 0 Å². The standard InChI is InChI=1S/C15H26ClNS/c1-2-3-4-5-6-7-8-12-17-13-11-14-9-10-15(16)18-14/h9-10,17H,2-8,11-13H2,1H3. The predicted molar refractivity (Wildman–Crippen MR) is 83.9 cm³/mol. The average molecular weight is 288 g/mol. The summed E-state index contributed by atoms with van der Waals surface area (Å²) in [4.78, 5) is 1.38. The summed E-state index contributed by atoms with van der Waals surface area (Å²) in [6, 6.07) is 4.11. The lowest BCUT2D eigenvalue weighted by Crippen LogP contribution is -2.18. The van der Waals surface area contributed by atoms with Crippen molar-refractivity contribution in [3.63, 3.8) is 0 Å². The molecule has 0 bridgehead atoms. The van der Waals surface area contributed by atoms with Gasteiger partial charge in [-0.2, -0.15) is 0 Å². The molecule has 0 aliphatic carbocycles. The number of halogens is 1. The molecule has 1 aromatic rings. The smallest absolute Gasteiger partial charge is 0.0931 e. The molecule has 0 saturated heterocycles. The maximum atomic E-state index is 5.89. The van der Waals surface area contributed by atoms with Gasteiger partial charge in [-0.15, -0.1) is 11.3 Å². The maximum absolute atomic E-state index is 5.89. The molecule has 18 heavy (non-hydrogen) atoms. The number of nitrogens with one attached hydrogen (secondary N) is 1. The van der Waals surface area contributed by atoms with Crippen molar-refractivity contribution in [3.05, 3.63) is 21.3 Å². The molecule has 1 aromatic heterocycles. The molecule has 0 aromatic carbocycles. The first-order valence-corrected chi connectivity index (χ1v) is 8.47. The Hall–Kier alpha value is -0.0500. The van der Waals surface area contributed by atoms with E-state index >= 15 is 0 Å². The van der Waals surface area contributed by atoms with Gasteiger partial charge in [0.25, 0.3) is 0 Å². The molecule has 1 N–H and O–H groups in total. The molecule has 104 valence electrons. The van der Waals surface area contributed by atoms with E-state index in [0.29, 0.717) is 0 Å². The zero-order valence-corrected chi connectivity index (χ0v) is 13.1. The molecule has 1 nitrogen and oxygen atoms in total. The first-order valence-electron chi connectivity index (χ1n) is 7.28. The van der Waals surface area contributed by atoms with E-state index in [1.807, 2.05) is 6.07 Å². The van der Waals surface area contributed by atoms with Crippen molar-refractivity contribution < 1.29 is 0 Å². The van der Waals surface area contributed by atoms with E-state index in [1.54, 1.807) is 11.3 Å². The van der Waals surface area contributed by atoms with Gasteiger partial charge < -0.3 is 5.32 Å². The molecule has 0 aliphatic rings. The van der Waals surface area contributed by atoms with Crippen LogP contribution in [-0.2, 0) is 6.42 Å². The Kier molecular flexibility index (Phi) is 9.63. The average Bonchev–Trinajstić information content (AvgIpc) is 2.77. The van der Waals surface area contributed by atoms with Crippen LogP contribution in [0.2, 0.25) is 4.34 Å². The lowest BCUT2D eigenvalue weighted by molar-refractivity contribution is 0.564. The molecule has 0 saturated carbocycles. The highest BCUT2D eigenvalue weighted by Crippen LogP contribution is 2.21. The quantitative estimate of drug-likeness (QED) is 0.546. The third-order valence-electron chi connectivity index (χ3n) is 3.13. The van der Waals surface area contributed by atoms with Crippen LogP contribution in [0.25, 0.3) is 0 Å². The van der Waals surface area contributed by atoms with Gasteiger partial charge in [-0.1, -0.05) is 57.0 Å². The second-order valence-electron chi connectivity index (χ2n) is 4.83. The van der Waals surface area contributed by atoms with Gasteiger partial charge in [-0.3, -0.25) is 0 Å². The number of hydrogen-bond donors (Lipinski definition) is 1. The predicted octanol–water partition coefficient (Wildman–Crippen LogP) is 5.28. The van der Waals surface area contributed by atoms with Crippen LogP contribution in [-0.4, -0.2) is 13.1 Å². The highest BCUT2D eigenvalue weighted by molar-refractivity contribution is 7.16. The Bertz CT molecular complexity index is 298. The van der Waals surface area contributed by atoms with E-state index < -0.39 is 0 Å². The van der Waals surface area contributed by atoms with Gasteiger partial charge in [-0.25, -0.2) is 0 Å². The van der Waals surface area contributed by atoms with E-state index in [2.05, 4.69) is 18.3 Å². The molecular formula is C15H26ClNS. The van der Waals surface area contributed by atoms with E-state index in [-0.39, 0.29) is 0 Å². The summed E-state index contributed by atoms with van der Waals surface area (Å²) in [5.74, 6) is 0. The van der Waals surface area contributed by atoms with Crippen LogP contribution >= 0.6 is 22.9 Å². The summed E-state index contributed by atoms with van der Waals surface area (Å²) < 4.78 is 0.900. The van der Waals surface area contributed by atoms with Crippen molar-refractivity contribution in [1.29, 1.82) is 0 Å². The number of hydrogen-bond acceptors (Lipinski definition) is 2. The Morgan fingerprint density at radius 1 is 1.00 bits per heavy atom. The van der Waals surface area contributed by atoms with Crippen LogP contribution in [0.1, 0.15) is 56.7 Å². The van der Waals surface area contributed by atoms with Crippen LogP contribution in [0.3, 0.4) is 0 Å². The minimum atomic E-state index is 0.900. The summed E-state index contributed by atoms with van der Waals surface area (Å²) in [5.41, 5.74) is 0. The molecule has 1 heterocycles. The van der Waals surface area contributed by atoms with E-state index in [1.165, 1.54) is 49.8 Å². The van der Waals surface area contributed by atoms with Gasteiger partial charge in [-0.05, 0) is 38.1 Å². The first-order chi connectivity index (χ1) is 8.83. The fraction of sp³-hybridized carbons (Fsp3) is 0.733. The van der Waals surface area contributed by atoms with Gasteiger partial charge in [0, 0.05) is 4.88 Å². The van der Waals surface area contributed by atoms with E-state index in [0.717, 1.165) is 23.8 Å². The molecule has 0 unspecified atom stereocenters. The first kappa shape index (κ1) is 16.0. The SMILES string of the molecule is CCCCCCCCCNCCc1ccc(Cl)s1. The van der Waals surface area contributed by atoms with Crippen LogP contribution in [0.15, 0.2) is 12.1 Å². The summed E-state index contributed by atoms with van der Waals surface area (Å²) in [7, 11) is 0. The van der Waals surface area contributed by atoms with Crippen molar-refractivity contribution in [3.8, 4) is 0 Å². The normalized spacial score (nSPS) is 11.0. The molecule has 0 radical (unpaired) electrons. The van der Waals surface area contributed by atoms with Crippen molar-refractivity contribution in [1.82, 2.24) is 5.32 Å². The van der Waals surface area contributed by atoms with Crippen LogP contribution < -0.4 is 5.32 Å². The molecular weight excluding hydrogens is 262 g/mol. The zero-order chi connectivity index (χ0) is 13.1. The second-order valence-corrected chi connectivity index (χ2v) is 6.63. The Morgan fingerprint density at radius 3 is 2.39 bits per heavy atom. The highest BCUT2D eigenvalue weighted by atomic mass is 35.5. The molecule has 0 aliphatic heterocycles. The van der Waals surface area contributed by atoms with Crippen molar-refractivity contribution >= 4 is 22.9 Å². The fourth-order valence-electron chi connectivity index (χ4n) is 2.03. The van der Waals surface area contributed by atoms with Gasteiger partial charge >= 0.3 is 0 Å². The third kappa shape index (κ3) is 8.12. The minimum Gasteiger partial charge on any atom is -0.316 e. The fourth-order valence-corrected chi connectivity index (χ4v) is 3.12. The molecule has 0 fully saturated rings. The summed E-state index contributed by atoms with van der Waals surface area (Å²) >= 11 is 7.58. The van der Waals surface area contributed by atoms with Gasteiger partial charge in [0.05, 0.1) is 4.34 Å². The zero-order valence-electron chi connectivity index (χ0n) is 11.5. The molecule has 1 rings (SSSR count).